The highest BCUT2D eigenvalue weighted by Crippen LogP contribution is 2.21. The van der Waals surface area contributed by atoms with E-state index in [2.05, 4.69) is 17.6 Å². The summed E-state index contributed by atoms with van der Waals surface area (Å²) in [5.74, 6) is 0. The maximum atomic E-state index is 8.98. The molecule has 0 aliphatic heterocycles. The smallest absolute Gasteiger partial charge is 0.0991 e. The number of H-pyrrole nitrogens is 1. The molecule has 2 heteroatoms. The van der Waals surface area contributed by atoms with Crippen molar-refractivity contribution >= 4 is 17.0 Å². The number of nitriles is 1. The van der Waals surface area contributed by atoms with Gasteiger partial charge in [-0.15, -0.1) is 0 Å². The van der Waals surface area contributed by atoms with Crippen LogP contribution in [0.4, 0.5) is 0 Å². The Hall–Kier alpha value is -2.79. The summed E-state index contributed by atoms with van der Waals surface area (Å²) in [6.07, 6.45) is 13.7. The third kappa shape index (κ3) is 2.96. The Morgan fingerprint density at radius 2 is 2.20 bits per heavy atom. The van der Waals surface area contributed by atoms with Gasteiger partial charge in [-0.05, 0) is 36.3 Å². The molecule has 1 heterocycles. The van der Waals surface area contributed by atoms with Crippen molar-refractivity contribution in [2.24, 2.45) is 0 Å². The number of benzene rings is 1. The number of nitrogens with one attached hydrogen (secondary N) is 1. The number of nitrogens with zero attached hydrogens (tertiary/aromatic N) is 1. The van der Waals surface area contributed by atoms with Gasteiger partial charge in [0.05, 0.1) is 11.6 Å². The summed E-state index contributed by atoms with van der Waals surface area (Å²) in [6, 6.07) is 7.81. The number of allylic oxidation sites excluding steroid dienone is 6. The summed E-state index contributed by atoms with van der Waals surface area (Å²) in [6.45, 7) is 5.70. The van der Waals surface area contributed by atoms with E-state index >= 15 is 0 Å². The Morgan fingerprint density at radius 3 is 2.90 bits per heavy atom. The molecule has 2 aromatic rings. The zero-order valence-corrected chi connectivity index (χ0v) is 11.4. The quantitative estimate of drug-likeness (QED) is 0.792. The molecule has 0 bridgehead atoms. The van der Waals surface area contributed by atoms with Crippen LogP contribution in [0.3, 0.4) is 0 Å². The highest BCUT2D eigenvalue weighted by Gasteiger charge is 2.01. The first-order valence-corrected chi connectivity index (χ1v) is 6.43. The average molecular weight is 260 g/mol. The minimum Gasteiger partial charge on any atom is -0.361 e. The molecular weight excluding hydrogens is 244 g/mol. The summed E-state index contributed by atoms with van der Waals surface area (Å²) < 4.78 is 0. The molecule has 0 saturated carbocycles. The van der Waals surface area contributed by atoms with Crippen molar-refractivity contribution in [3.63, 3.8) is 0 Å². The molecular formula is C18H16N2. The maximum Gasteiger partial charge on any atom is 0.0991 e. The number of fused-ring (bicyclic) bond motifs is 1. The van der Waals surface area contributed by atoms with Crippen molar-refractivity contribution in [2.45, 2.75) is 6.92 Å². The van der Waals surface area contributed by atoms with E-state index in [4.69, 9.17) is 5.26 Å². The zero-order chi connectivity index (χ0) is 14.4. The summed E-state index contributed by atoms with van der Waals surface area (Å²) >= 11 is 0. The fraction of sp³-hybridized carbons (Fsp3) is 0.0556. The van der Waals surface area contributed by atoms with Crippen LogP contribution in [0.1, 0.15) is 18.1 Å². The molecule has 0 fully saturated rings. The van der Waals surface area contributed by atoms with Crippen LogP contribution < -0.4 is 0 Å². The minimum atomic E-state index is 0.669. The molecule has 2 rings (SSSR count). The summed E-state index contributed by atoms with van der Waals surface area (Å²) in [5.41, 5.74) is 3.84. The number of rotatable bonds is 4. The molecule has 2 nitrogen and oxygen atoms in total. The van der Waals surface area contributed by atoms with Crippen molar-refractivity contribution < 1.29 is 0 Å². The molecule has 0 aliphatic rings. The van der Waals surface area contributed by atoms with Gasteiger partial charge in [0.2, 0.25) is 0 Å². The first-order valence-electron chi connectivity index (χ1n) is 6.43. The lowest BCUT2D eigenvalue weighted by molar-refractivity contribution is 1.46. The number of hydrogen-bond donors (Lipinski definition) is 1. The highest BCUT2D eigenvalue weighted by atomic mass is 14.7. The third-order valence-corrected chi connectivity index (χ3v) is 2.97. The van der Waals surface area contributed by atoms with E-state index in [1.165, 1.54) is 0 Å². The van der Waals surface area contributed by atoms with Crippen LogP contribution in [-0.2, 0) is 0 Å². The van der Waals surface area contributed by atoms with Gasteiger partial charge < -0.3 is 4.98 Å². The van der Waals surface area contributed by atoms with Gasteiger partial charge in [0, 0.05) is 17.1 Å². The lowest BCUT2D eigenvalue weighted by Gasteiger charge is -1.94. The molecule has 1 aromatic carbocycles. The van der Waals surface area contributed by atoms with Gasteiger partial charge in [0.15, 0.2) is 0 Å². The van der Waals surface area contributed by atoms with Gasteiger partial charge in [-0.25, -0.2) is 0 Å². The average Bonchev–Trinajstić information content (AvgIpc) is 2.87. The SMILES string of the molecule is C=C/C=C(\C=C/C)/C=C/c1c[nH]c2ccc(C#N)cc12. The second-order valence-electron chi connectivity index (χ2n) is 4.35. The van der Waals surface area contributed by atoms with E-state index in [0.717, 1.165) is 22.0 Å². The van der Waals surface area contributed by atoms with Gasteiger partial charge in [0.25, 0.3) is 0 Å². The van der Waals surface area contributed by atoms with E-state index < -0.39 is 0 Å². The largest absolute Gasteiger partial charge is 0.361 e. The van der Waals surface area contributed by atoms with Gasteiger partial charge in [0.1, 0.15) is 0 Å². The Kier molecular flexibility index (Phi) is 4.36. The fourth-order valence-corrected chi connectivity index (χ4v) is 2.03. The molecule has 0 spiro atoms. The topological polar surface area (TPSA) is 39.6 Å². The Balaban J connectivity index is 2.41. The van der Waals surface area contributed by atoms with Crippen LogP contribution in [-0.4, -0.2) is 4.98 Å². The molecule has 0 radical (unpaired) electrons. The van der Waals surface area contributed by atoms with Crippen LogP contribution in [0, 0.1) is 11.3 Å². The van der Waals surface area contributed by atoms with E-state index in [9.17, 15) is 0 Å². The third-order valence-electron chi connectivity index (χ3n) is 2.97. The second-order valence-corrected chi connectivity index (χ2v) is 4.35. The van der Waals surface area contributed by atoms with E-state index in [-0.39, 0.29) is 0 Å². The summed E-state index contributed by atoms with van der Waals surface area (Å²) in [7, 11) is 0. The molecule has 0 amide bonds. The standard InChI is InChI=1S/C18H16N2/c1-3-5-14(6-4-2)7-9-16-13-20-18-10-8-15(12-19)11-17(16)18/h3-11,13,20H,1H2,2H3/b6-4-,9-7+,14-5+. The van der Waals surface area contributed by atoms with Gasteiger partial charge >= 0.3 is 0 Å². The molecule has 98 valence electrons. The maximum absolute atomic E-state index is 8.98. The predicted octanol–water partition coefficient (Wildman–Crippen LogP) is 4.74. The van der Waals surface area contributed by atoms with E-state index in [1.54, 1.807) is 6.08 Å². The van der Waals surface area contributed by atoms with Crippen LogP contribution in [0.2, 0.25) is 0 Å². The van der Waals surface area contributed by atoms with Crippen LogP contribution in [0.25, 0.3) is 17.0 Å². The first-order chi connectivity index (χ1) is 9.78. The Bertz CT molecular complexity index is 749. The van der Waals surface area contributed by atoms with E-state index in [0.29, 0.717) is 5.56 Å². The fourth-order valence-electron chi connectivity index (χ4n) is 2.03. The van der Waals surface area contributed by atoms with E-state index in [1.807, 2.05) is 61.7 Å². The molecule has 1 aromatic heterocycles. The predicted molar refractivity (Wildman–Crippen MR) is 85.1 cm³/mol. The van der Waals surface area contributed by atoms with Crippen LogP contribution in [0.5, 0.6) is 0 Å². The van der Waals surface area contributed by atoms with Crippen molar-refractivity contribution in [1.29, 1.82) is 5.26 Å². The zero-order valence-electron chi connectivity index (χ0n) is 11.4. The number of hydrogen-bond acceptors (Lipinski definition) is 1. The van der Waals surface area contributed by atoms with Crippen LogP contribution in [0.15, 0.2) is 66.9 Å². The monoisotopic (exact) mass is 260 g/mol. The highest BCUT2D eigenvalue weighted by molar-refractivity contribution is 5.90. The summed E-state index contributed by atoms with van der Waals surface area (Å²) in [4.78, 5) is 3.21. The molecule has 20 heavy (non-hydrogen) atoms. The number of aromatic amines is 1. The molecule has 0 aliphatic carbocycles. The van der Waals surface area contributed by atoms with Crippen LogP contribution >= 0.6 is 0 Å². The lowest BCUT2D eigenvalue weighted by Crippen LogP contribution is -1.75. The van der Waals surface area contributed by atoms with Gasteiger partial charge in [-0.3, -0.25) is 0 Å². The second kappa shape index (κ2) is 6.40. The van der Waals surface area contributed by atoms with Gasteiger partial charge in [-0.2, -0.15) is 5.26 Å². The van der Waals surface area contributed by atoms with Crippen molar-refractivity contribution in [3.05, 3.63) is 78.1 Å². The first kappa shape index (κ1) is 13.6. The minimum absolute atomic E-state index is 0.669. The number of aromatic nitrogens is 1. The normalized spacial score (nSPS) is 12.3. The van der Waals surface area contributed by atoms with Crippen molar-refractivity contribution in [3.8, 4) is 6.07 Å². The molecule has 1 N–H and O–H groups in total. The molecule has 0 unspecified atom stereocenters. The Morgan fingerprint density at radius 1 is 1.35 bits per heavy atom. The Labute approximate surface area is 119 Å². The lowest BCUT2D eigenvalue weighted by atomic mass is 10.1. The van der Waals surface area contributed by atoms with Gasteiger partial charge in [-0.1, -0.05) is 43.0 Å². The summed E-state index contributed by atoms with van der Waals surface area (Å²) in [5, 5.41) is 10.0. The van der Waals surface area contributed by atoms with Crippen molar-refractivity contribution in [1.82, 2.24) is 4.98 Å². The van der Waals surface area contributed by atoms with Crippen molar-refractivity contribution in [2.75, 3.05) is 0 Å². The molecule has 0 saturated heterocycles. The molecule has 0 atom stereocenters.